The van der Waals surface area contributed by atoms with Crippen molar-refractivity contribution in [2.75, 3.05) is 0 Å². The third kappa shape index (κ3) is 2.38. The first-order valence-corrected chi connectivity index (χ1v) is 8.30. The summed E-state index contributed by atoms with van der Waals surface area (Å²) in [4.78, 5) is 17.4. The van der Waals surface area contributed by atoms with Crippen molar-refractivity contribution in [3.05, 3.63) is 28.3 Å². The summed E-state index contributed by atoms with van der Waals surface area (Å²) in [7, 11) is 1.83. The van der Waals surface area contributed by atoms with E-state index in [1.54, 1.807) is 4.57 Å². The molecule has 0 amide bonds. The zero-order valence-corrected chi connectivity index (χ0v) is 14.6. The van der Waals surface area contributed by atoms with Gasteiger partial charge in [0.05, 0.1) is 5.52 Å². The van der Waals surface area contributed by atoms with Crippen LogP contribution in [0.5, 0.6) is 0 Å². The first-order valence-electron chi connectivity index (χ1n) is 8.30. The molecular formula is C18H27N3O. The predicted octanol–water partition coefficient (Wildman–Crippen LogP) is 3.54. The first kappa shape index (κ1) is 15.3. The van der Waals surface area contributed by atoms with Gasteiger partial charge >= 0.3 is 5.69 Å². The Bertz CT molecular complexity index is 763. The monoisotopic (exact) mass is 301 g/mol. The molecule has 0 bridgehead atoms. The summed E-state index contributed by atoms with van der Waals surface area (Å²) in [5, 5.41) is 0. The average Bonchev–Trinajstić information content (AvgIpc) is 3.05. The normalized spacial score (nSPS) is 24.9. The zero-order valence-electron chi connectivity index (χ0n) is 14.6. The minimum atomic E-state index is 0.0328. The van der Waals surface area contributed by atoms with Crippen molar-refractivity contribution >= 4 is 11.2 Å². The molecule has 2 aromatic heterocycles. The Morgan fingerprint density at radius 1 is 1.27 bits per heavy atom. The maximum atomic E-state index is 12.5. The largest absolute Gasteiger partial charge is 0.330 e. The van der Waals surface area contributed by atoms with Crippen molar-refractivity contribution in [1.29, 1.82) is 0 Å². The fourth-order valence-corrected chi connectivity index (χ4v) is 3.76. The number of aryl methyl sites for hydroxylation is 1. The van der Waals surface area contributed by atoms with E-state index in [2.05, 4.69) is 46.8 Å². The fourth-order valence-electron chi connectivity index (χ4n) is 3.76. The number of hydrogen-bond acceptors (Lipinski definition) is 2. The summed E-state index contributed by atoms with van der Waals surface area (Å²) in [5.41, 5.74) is 3.02. The fraction of sp³-hybridized carbons (Fsp3) is 0.667. The second-order valence-corrected chi connectivity index (χ2v) is 8.02. The Labute approximate surface area is 132 Å². The van der Waals surface area contributed by atoms with Gasteiger partial charge < -0.3 is 0 Å². The molecule has 1 aliphatic rings. The van der Waals surface area contributed by atoms with E-state index < -0.39 is 0 Å². The van der Waals surface area contributed by atoms with Crippen LogP contribution in [-0.4, -0.2) is 14.1 Å². The summed E-state index contributed by atoms with van der Waals surface area (Å²) in [6.07, 6.45) is 1.20. The molecule has 1 fully saturated rings. The van der Waals surface area contributed by atoms with E-state index in [9.17, 15) is 4.79 Å². The van der Waals surface area contributed by atoms with Gasteiger partial charge in [-0.1, -0.05) is 41.0 Å². The highest BCUT2D eigenvalue weighted by molar-refractivity contribution is 5.72. The lowest BCUT2D eigenvalue weighted by molar-refractivity contribution is 0.342. The highest BCUT2D eigenvalue weighted by Gasteiger charge is 2.47. The molecule has 0 N–H and O–H groups in total. The van der Waals surface area contributed by atoms with Crippen LogP contribution in [0.1, 0.15) is 52.7 Å². The van der Waals surface area contributed by atoms with Crippen molar-refractivity contribution in [3.63, 3.8) is 0 Å². The Morgan fingerprint density at radius 3 is 2.50 bits per heavy atom. The van der Waals surface area contributed by atoms with Crippen LogP contribution in [0.15, 0.2) is 16.9 Å². The lowest BCUT2D eigenvalue weighted by Gasteiger charge is -2.18. The summed E-state index contributed by atoms with van der Waals surface area (Å²) in [6.45, 7) is 11.7. The molecule has 2 heterocycles. The van der Waals surface area contributed by atoms with E-state index in [0.29, 0.717) is 18.4 Å². The van der Waals surface area contributed by atoms with Gasteiger partial charge in [-0.05, 0) is 29.4 Å². The molecule has 120 valence electrons. The summed E-state index contributed by atoms with van der Waals surface area (Å²) in [5.74, 6) is 2.03. The van der Waals surface area contributed by atoms with E-state index in [1.165, 1.54) is 6.42 Å². The molecule has 0 aromatic carbocycles. The number of imidazole rings is 1. The predicted molar refractivity (Wildman–Crippen MR) is 90.1 cm³/mol. The molecule has 2 aromatic rings. The quantitative estimate of drug-likeness (QED) is 0.870. The van der Waals surface area contributed by atoms with Crippen molar-refractivity contribution < 1.29 is 0 Å². The Hall–Kier alpha value is -1.58. The minimum Gasteiger partial charge on any atom is -0.290 e. The van der Waals surface area contributed by atoms with Crippen LogP contribution in [0, 0.1) is 17.3 Å². The van der Waals surface area contributed by atoms with Gasteiger partial charge in [-0.15, -0.1) is 0 Å². The van der Waals surface area contributed by atoms with Crippen molar-refractivity contribution in [3.8, 4) is 0 Å². The van der Waals surface area contributed by atoms with Gasteiger partial charge in [0.15, 0.2) is 5.65 Å². The topological polar surface area (TPSA) is 39.8 Å². The van der Waals surface area contributed by atoms with E-state index in [-0.39, 0.29) is 11.1 Å². The van der Waals surface area contributed by atoms with Gasteiger partial charge in [-0.2, -0.15) is 0 Å². The lowest BCUT2D eigenvalue weighted by Crippen LogP contribution is -2.27. The molecule has 3 unspecified atom stereocenters. The standard InChI is InChI=1S/C18H27N3O/c1-7-12-11(2)15(12)13-8-9-14-16(19-13)20(6)17(22)21(14)10-18(3,4)5/h8-9,11-12,15H,7,10H2,1-6H3. The second kappa shape index (κ2) is 4.97. The van der Waals surface area contributed by atoms with Crippen LogP contribution in [0.4, 0.5) is 0 Å². The van der Waals surface area contributed by atoms with Crippen LogP contribution >= 0.6 is 0 Å². The Kier molecular flexibility index (Phi) is 3.46. The van der Waals surface area contributed by atoms with E-state index in [0.717, 1.165) is 22.8 Å². The third-order valence-corrected chi connectivity index (χ3v) is 5.01. The molecule has 4 heteroatoms. The number of fused-ring (bicyclic) bond motifs is 1. The van der Waals surface area contributed by atoms with Crippen LogP contribution in [0.25, 0.3) is 11.2 Å². The van der Waals surface area contributed by atoms with E-state index in [1.807, 2.05) is 11.6 Å². The molecule has 22 heavy (non-hydrogen) atoms. The van der Waals surface area contributed by atoms with E-state index >= 15 is 0 Å². The average molecular weight is 301 g/mol. The number of rotatable bonds is 3. The third-order valence-electron chi connectivity index (χ3n) is 5.01. The van der Waals surface area contributed by atoms with E-state index in [4.69, 9.17) is 4.98 Å². The van der Waals surface area contributed by atoms with Crippen LogP contribution < -0.4 is 5.69 Å². The molecule has 4 nitrogen and oxygen atoms in total. The van der Waals surface area contributed by atoms with Gasteiger partial charge in [0, 0.05) is 25.2 Å². The first-order chi connectivity index (χ1) is 10.2. The zero-order chi connectivity index (χ0) is 16.2. The minimum absolute atomic E-state index is 0.0328. The second-order valence-electron chi connectivity index (χ2n) is 8.02. The number of nitrogens with zero attached hydrogens (tertiary/aromatic N) is 3. The van der Waals surface area contributed by atoms with Crippen LogP contribution in [0.3, 0.4) is 0 Å². The molecule has 0 aliphatic heterocycles. The Morgan fingerprint density at radius 2 is 1.95 bits per heavy atom. The van der Waals surface area contributed by atoms with Gasteiger partial charge in [-0.3, -0.25) is 9.13 Å². The number of aromatic nitrogens is 3. The molecular weight excluding hydrogens is 274 g/mol. The highest BCUT2D eigenvalue weighted by Crippen LogP contribution is 2.54. The van der Waals surface area contributed by atoms with Crippen molar-refractivity contribution in [2.45, 2.75) is 53.5 Å². The molecule has 0 radical (unpaired) electrons. The van der Waals surface area contributed by atoms with Crippen LogP contribution in [0.2, 0.25) is 0 Å². The number of pyridine rings is 1. The summed E-state index contributed by atoms with van der Waals surface area (Å²) >= 11 is 0. The molecule has 0 spiro atoms. The van der Waals surface area contributed by atoms with Crippen molar-refractivity contribution in [1.82, 2.24) is 14.1 Å². The smallest absolute Gasteiger partial charge is 0.290 e. The Balaban J connectivity index is 2.07. The molecule has 3 atom stereocenters. The molecule has 1 saturated carbocycles. The molecule has 0 saturated heterocycles. The molecule has 1 aliphatic carbocycles. The van der Waals surface area contributed by atoms with Gasteiger partial charge in [0.1, 0.15) is 0 Å². The summed E-state index contributed by atoms with van der Waals surface area (Å²) < 4.78 is 3.55. The van der Waals surface area contributed by atoms with Crippen LogP contribution in [-0.2, 0) is 13.6 Å². The SMILES string of the molecule is CCC1C(C)C1c1ccc2c(n1)n(C)c(=O)n2CC(C)(C)C. The maximum Gasteiger partial charge on any atom is 0.330 e. The van der Waals surface area contributed by atoms with Crippen molar-refractivity contribution in [2.24, 2.45) is 24.3 Å². The van der Waals surface area contributed by atoms with Gasteiger partial charge in [-0.25, -0.2) is 9.78 Å². The maximum absolute atomic E-state index is 12.5. The highest BCUT2D eigenvalue weighted by atomic mass is 16.1. The van der Waals surface area contributed by atoms with Gasteiger partial charge in [0.2, 0.25) is 0 Å². The van der Waals surface area contributed by atoms with Gasteiger partial charge in [0.25, 0.3) is 0 Å². The summed E-state index contributed by atoms with van der Waals surface area (Å²) in [6, 6.07) is 4.21. The number of hydrogen-bond donors (Lipinski definition) is 0. The lowest BCUT2D eigenvalue weighted by atomic mass is 9.97. The molecule has 3 rings (SSSR count).